The van der Waals surface area contributed by atoms with E-state index in [1.807, 2.05) is 6.26 Å². The summed E-state index contributed by atoms with van der Waals surface area (Å²) in [4.78, 5) is 22.8. The number of carboxylic acids is 1. The maximum atomic E-state index is 11.8. The Morgan fingerprint density at radius 3 is 2.95 bits per heavy atom. The molecule has 0 saturated carbocycles. The standard InChI is InChI=1S/C11H16N2O5S/c1-17-6-7-5-9(13-18-7)10(14)12-8(11(15)16)3-4-19-2/h5,8H,3-4,6H2,1-2H3,(H,12,14)(H,15,16). The van der Waals surface area contributed by atoms with Gasteiger partial charge >= 0.3 is 5.97 Å². The molecule has 1 rings (SSSR count). The molecule has 1 heterocycles. The van der Waals surface area contributed by atoms with Gasteiger partial charge in [-0.25, -0.2) is 4.79 Å². The highest BCUT2D eigenvalue weighted by Gasteiger charge is 2.22. The number of hydrogen-bond acceptors (Lipinski definition) is 6. The Morgan fingerprint density at radius 1 is 1.63 bits per heavy atom. The molecule has 0 spiro atoms. The van der Waals surface area contributed by atoms with Crippen LogP contribution in [0.2, 0.25) is 0 Å². The predicted molar refractivity (Wildman–Crippen MR) is 69.1 cm³/mol. The monoisotopic (exact) mass is 288 g/mol. The van der Waals surface area contributed by atoms with Crippen molar-refractivity contribution in [3.8, 4) is 0 Å². The van der Waals surface area contributed by atoms with Crippen LogP contribution in [0.3, 0.4) is 0 Å². The zero-order valence-corrected chi connectivity index (χ0v) is 11.5. The van der Waals surface area contributed by atoms with E-state index in [1.54, 1.807) is 0 Å². The second kappa shape index (κ2) is 7.80. The largest absolute Gasteiger partial charge is 0.480 e. The lowest BCUT2D eigenvalue weighted by Crippen LogP contribution is -2.41. The quantitative estimate of drug-likeness (QED) is 0.728. The average Bonchev–Trinajstić information content (AvgIpc) is 2.83. The number of carbonyl (C=O) groups excluding carboxylic acids is 1. The van der Waals surface area contributed by atoms with Crippen molar-refractivity contribution in [1.29, 1.82) is 0 Å². The number of aliphatic carboxylic acids is 1. The van der Waals surface area contributed by atoms with Crippen molar-refractivity contribution in [1.82, 2.24) is 10.5 Å². The molecule has 1 aromatic rings. The van der Waals surface area contributed by atoms with E-state index in [9.17, 15) is 9.59 Å². The van der Waals surface area contributed by atoms with Crippen LogP contribution in [0.1, 0.15) is 22.7 Å². The van der Waals surface area contributed by atoms with E-state index >= 15 is 0 Å². The molecule has 0 radical (unpaired) electrons. The van der Waals surface area contributed by atoms with Gasteiger partial charge in [-0.15, -0.1) is 0 Å². The van der Waals surface area contributed by atoms with E-state index in [-0.39, 0.29) is 12.3 Å². The molecule has 8 heteroatoms. The number of nitrogens with zero attached hydrogens (tertiary/aromatic N) is 1. The van der Waals surface area contributed by atoms with Gasteiger partial charge in [0.05, 0.1) is 0 Å². The second-order valence-corrected chi connectivity index (χ2v) is 4.74. The molecule has 0 bridgehead atoms. The fraction of sp³-hybridized carbons (Fsp3) is 0.545. The fourth-order valence-electron chi connectivity index (χ4n) is 1.36. The third-order valence-electron chi connectivity index (χ3n) is 2.29. The van der Waals surface area contributed by atoms with Gasteiger partial charge in [0.1, 0.15) is 12.6 Å². The van der Waals surface area contributed by atoms with Gasteiger partial charge in [-0.2, -0.15) is 11.8 Å². The first kappa shape index (κ1) is 15.5. The van der Waals surface area contributed by atoms with E-state index in [2.05, 4.69) is 10.5 Å². The highest BCUT2D eigenvalue weighted by Crippen LogP contribution is 2.06. The Bertz CT molecular complexity index is 434. The number of ether oxygens (including phenoxy) is 1. The molecule has 0 fully saturated rings. The summed E-state index contributed by atoms with van der Waals surface area (Å²) >= 11 is 1.52. The third-order valence-corrected chi connectivity index (χ3v) is 2.94. The Labute approximate surface area is 114 Å². The molecule has 0 saturated heterocycles. The number of rotatable bonds is 8. The topological polar surface area (TPSA) is 102 Å². The number of aromatic nitrogens is 1. The zero-order chi connectivity index (χ0) is 14.3. The Hall–Kier alpha value is -1.54. The van der Waals surface area contributed by atoms with E-state index in [1.165, 1.54) is 24.9 Å². The molecule has 1 aromatic heterocycles. The van der Waals surface area contributed by atoms with E-state index in [4.69, 9.17) is 14.4 Å². The number of carboxylic acid groups (broad SMARTS) is 1. The van der Waals surface area contributed by atoms with Crippen LogP contribution in [-0.4, -0.2) is 47.3 Å². The van der Waals surface area contributed by atoms with Crippen molar-refractivity contribution < 1.29 is 24.0 Å². The van der Waals surface area contributed by atoms with Gasteiger partial charge in [-0.1, -0.05) is 5.16 Å². The maximum Gasteiger partial charge on any atom is 0.326 e. The third kappa shape index (κ3) is 4.92. The minimum absolute atomic E-state index is 0.0439. The molecule has 0 aliphatic carbocycles. The summed E-state index contributed by atoms with van der Waals surface area (Å²) in [6.45, 7) is 0.203. The van der Waals surface area contributed by atoms with E-state index in [0.29, 0.717) is 17.9 Å². The van der Waals surface area contributed by atoms with Gasteiger partial charge in [0.2, 0.25) is 0 Å². The molecule has 0 aromatic carbocycles. The molecule has 2 N–H and O–H groups in total. The summed E-state index contributed by atoms with van der Waals surface area (Å²) in [6.07, 6.45) is 2.22. The van der Waals surface area contributed by atoms with Gasteiger partial charge in [0.15, 0.2) is 11.5 Å². The van der Waals surface area contributed by atoms with Crippen LogP contribution >= 0.6 is 11.8 Å². The first-order valence-electron chi connectivity index (χ1n) is 5.55. The Balaban J connectivity index is 2.62. The van der Waals surface area contributed by atoms with Crippen LogP contribution in [0.15, 0.2) is 10.6 Å². The van der Waals surface area contributed by atoms with Gasteiger partial charge in [0, 0.05) is 13.2 Å². The zero-order valence-electron chi connectivity index (χ0n) is 10.7. The van der Waals surface area contributed by atoms with Crippen LogP contribution in [-0.2, 0) is 16.1 Å². The van der Waals surface area contributed by atoms with Gasteiger partial charge in [0.25, 0.3) is 5.91 Å². The number of methoxy groups -OCH3 is 1. The molecular weight excluding hydrogens is 272 g/mol. The highest BCUT2D eigenvalue weighted by molar-refractivity contribution is 7.98. The first-order chi connectivity index (χ1) is 9.08. The molecule has 1 atom stereocenters. The first-order valence-corrected chi connectivity index (χ1v) is 6.95. The minimum atomic E-state index is -1.07. The minimum Gasteiger partial charge on any atom is -0.480 e. The molecule has 7 nitrogen and oxygen atoms in total. The highest BCUT2D eigenvalue weighted by atomic mass is 32.2. The molecule has 106 valence electrons. The SMILES string of the molecule is COCc1cc(C(=O)NC(CCSC)C(=O)O)no1. The maximum absolute atomic E-state index is 11.8. The van der Waals surface area contributed by atoms with Crippen LogP contribution in [0.5, 0.6) is 0 Å². The van der Waals surface area contributed by atoms with Crippen molar-refractivity contribution in [2.45, 2.75) is 19.1 Å². The Kier molecular flexibility index (Phi) is 6.37. The van der Waals surface area contributed by atoms with Crippen LogP contribution in [0.4, 0.5) is 0 Å². The Morgan fingerprint density at radius 2 is 2.37 bits per heavy atom. The summed E-state index contributed by atoms with van der Waals surface area (Å²) < 4.78 is 9.69. The summed E-state index contributed by atoms with van der Waals surface area (Å²) in [5, 5.41) is 15.0. The van der Waals surface area contributed by atoms with Crippen molar-refractivity contribution in [3.63, 3.8) is 0 Å². The number of hydrogen-bond donors (Lipinski definition) is 2. The number of thioether (sulfide) groups is 1. The molecule has 0 aliphatic heterocycles. The summed E-state index contributed by atoms with van der Waals surface area (Å²) in [6, 6.07) is 0.495. The molecule has 1 unspecified atom stereocenters. The normalized spacial score (nSPS) is 12.1. The molecule has 0 aliphatic rings. The smallest absolute Gasteiger partial charge is 0.326 e. The van der Waals surface area contributed by atoms with Crippen molar-refractivity contribution in [3.05, 3.63) is 17.5 Å². The lowest BCUT2D eigenvalue weighted by Gasteiger charge is -2.12. The molecular formula is C11H16N2O5S. The van der Waals surface area contributed by atoms with Crippen LogP contribution in [0, 0.1) is 0 Å². The van der Waals surface area contributed by atoms with Gasteiger partial charge in [-0.05, 0) is 18.4 Å². The fourth-order valence-corrected chi connectivity index (χ4v) is 1.83. The summed E-state index contributed by atoms with van der Waals surface area (Å²) in [7, 11) is 1.49. The number of carbonyl (C=O) groups is 2. The predicted octanol–water partition coefficient (Wildman–Crippen LogP) is 0.757. The second-order valence-electron chi connectivity index (χ2n) is 3.76. The lowest BCUT2D eigenvalue weighted by atomic mass is 10.2. The summed E-state index contributed by atoms with van der Waals surface area (Å²) in [5.74, 6) is -0.586. The van der Waals surface area contributed by atoms with E-state index in [0.717, 1.165) is 0 Å². The van der Waals surface area contributed by atoms with Gasteiger partial charge in [-0.3, -0.25) is 4.79 Å². The number of amides is 1. The molecule has 19 heavy (non-hydrogen) atoms. The lowest BCUT2D eigenvalue weighted by molar-refractivity contribution is -0.139. The average molecular weight is 288 g/mol. The van der Waals surface area contributed by atoms with E-state index < -0.39 is 17.9 Å². The van der Waals surface area contributed by atoms with Crippen molar-refractivity contribution >= 4 is 23.6 Å². The molecule has 1 amide bonds. The summed E-state index contributed by atoms with van der Waals surface area (Å²) in [5.41, 5.74) is 0.0439. The number of nitrogens with one attached hydrogen (secondary N) is 1. The van der Waals surface area contributed by atoms with Crippen molar-refractivity contribution in [2.75, 3.05) is 19.1 Å². The van der Waals surface area contributed by atoms with Crippen molar-refractivity contribution in [2.24, 2.45) is 0 Å². The van der Waals surface area contributed by atoms with Crippen LogP contribution in [0.25, 0.3) is 0 Å². The van der Waals surface area contributed by atoms with Gasteiger partial charge < -0.3 is 19.7 Å². The van der Waals surface area contributed by atoms with Crippen LogP contribution < -0.4 is 5.32 Å².